The maximum atomic E-state index is 8.65. The minimum atomic E-state index is 0.715. The van der Waals surface area contributed by atoms with E-state index in [0.717, 1.165) is 22.8 Å². The number of thiophene rings is 1. The highest BCUT2D eigenvalue weighted by Gasteiger charge is 1.99. The number of nitrogens with one attached hydrogen (secondary N) is 2. The second-order valence-electron chi connectivity index (χ2n) is 3.05. The van der Waals surface area contributed by atoms with E-state index in [1.165, 1.54) is 0 Å². The molecule has 0 fully saturated rings. The maximum Gasteiger partial charge on any atom is 0.120 e. The molecule has 0 atom stereocenters. The molecule has 15 heavy (non-hydrogen) atoms. The zero-order valence-electron chi connectivity index (χ0n) is 8.03. The third-order valence-electron chi connectivity index (χ3n) is 1.93. The number of nitrogens with zero attached hydrogens (tertiary/aromatic N) is 2. The van der Waals surface area contributed by atoms with Crippen LogP contribution in [0.4, 0.5) is 0 Å². The molecule has 2 heterocycles. The molecule has 0 radical (unpaired) electrons. The quantitative estimate of drug-likeness (QED) is 0.819. The molecule has 0 saturated heterocycles. The zero-order chi connectivity index (χ0) is 10.5. The molecule has 0 unspecified atom stereocenters. The summed E-state index contributed by atoms with van der Waals surface area (Å²) in [6.45, 7) is 1.49. The van der Waals surface area contributed by atoms with Crippen LogP contribution in [0.2, 0.25) is 0 Å². The second-order valence-corrected chi connectivity index (χ2v) is 4.05. The number of aromatic amines is 1. The summed E-state index contributed by atoms with van der Waals surface area (Å²) in [5.41, 5.74) is 0.731. The molecule has 0 aliphatic carbocycles. The van der Waals surface area contributed by atoms with Crippen LogP contribution in [0.15, 0.2) is 23.8 Å². The monoisotopic (exact) mass is 218 g/mol. The van der Waals surface area contributed by atoms with Crippen LogP contribution in [-0.4, -0.2) is 9.97 Å². The van der Waals surface area contributed by atoms with E-state index in [4.69, 9.17) is 5.26 Å². The van der Waals surface area contributed by atoms with Gasteiger partial charge in [0.25, 0.3) is 0 Å². The lowest BCUT2D eigenvalue weighted by atomic mass is 10.3. The van der Waals surface area contributed by atoms with Crippen molar-refractivity contribution >= 4 is 11.3 Å². The Morgan fingerprint density at radius 2 is 2.47 bits per heavy atom. The van der Waals surface area contributed by atoms with Gasteiger partial charge in [-0.05, 0) is 6.07 Å². The molecule has 2 N–H and O–H groups in total. The van der Waals surface area contributed by atoms with Gasteiger partial charge in [-0.3, -0.25) is 0 Å². The predicted octanol–water partition coefficient (Wildman–Crippen LogP) is 1.63. The van der Waals surface area contributed by atoms with Gasteiger partial charge < -0.3 is 10.3 Å². The minimum absolute atomic E-state index is 0.715. The molecule has 0 aliphatic rings. The van der Waals surface area contributed by atoms with Crippen LogP contribution in [0.5, 0.6) is 0 Å². The highest BCUT2D eigenvalue weighted by atomic mass is 32.1. The first-order chi connectivity index (χ1) is 7.38. The first-order valence-electron chi connectivity index (χ1n) is 4.55. The SMILES string of the molecule is N#Cc1csc(CNCc2ncc[nH]2)c1. The van der Waals surface area contributed by atoms with E-state index in [-0.39, 0.29) is 0 Å². The molecule has 0 aromatic carbocycles. The largest absolute Gasteiger partial charge is 0.348 e. The van der Waals surface area contributed by atoms with Gasteiger partial charge in [0.2, 0.25) is 0 Å². The molecule has 4 nitrogen and oxygen atoms in total. The Balaban J connectivity index is 1.81. The van der Waals surface area contributed by atoms with E-state index in [0.29, 0.717) is 6.54 Å². The van der Waals surface area contributed by atoms with Crippen molar-refractivity contribution in [1.29, 1.82) is 5.26 Å². The Morgan fingerprint density at radius 1 is 1.53 bits per heavy atom. The Kier molecular flexibility index (Phi) is 3.12. The van der Waals surface area contributed by atoms with E-state index in [2.05, 4.69) is 21.4 Å². The third-order valence-corrected chi connectivity index (χ3v) is 2.87. The fourth-order valence-corrected chi connectivity index (χ4v) is 2.01. The summed E-state index contributed by atoms with van der Waals surface area (Å²) in [5.74, 6) is 0.923. The second kappa shape index (κ2) is 4.73. The molecular weight excluding hydrogens is 208 g/mol. The average molecular weight is 218 g/mol. The summed E-state index contributed by atoms with van der Waals surface area (Å²) < 4.78 is 0. The van der Waals surface area contributed by atoms with Crippen LogP contribution < -0.4 is 5.32 Å². The highest BCUT2D eigenvalue weighted by molar-refractivity contribution is 7.10. The Bertz CT molecular complexity index is 452. The number of imidazole rings is 1. The summed E-state index contributed by atoms with van der Waals surface area (Å²) in [5, 5.41) is 13.8. The zero-order valence-corrected chi connectivity index (χ0v) is 8.84. The highest BCUT2D eigenvalue weighted by Crippen LogP contribution is 2.13. The summed E-state index contributed by atoms with van der Waals surface area (Å²) in [6, 6.07) is 4.02. The van der Waals surface area contributed by atoms with Gasteiger partial charge in [0.1, 0.15) is 11.9 Å². The lowest BCUT2D eigenvalue weighted by Gasteiger charge is -1.99. The molecule has 0 amide bonds. The van der Waals surface area contributed by atoms with Gasteiger partial charge in [0.15, 0.2) is 0 Å². The number of hydrogen-bond acceptors (Lipinski definition) is 4. The van der Waals surface area contributed by atoms with E-state index in [9.17, 15) is 0 Å². The van der Waals surface area contributed by atoms with Gasteiger partial charge in [-0.15, -0.1) is 11.3 Å². The van der Waals surface area contributed by atoms with Crippen LogP contribution in [0, 0.1) is 11.3 Å². The molecule has 2 rings (SSSR count). The Hall–Kier alpha value is -1.64. The Labute approximate surface area is 91.6 Å². The van der Waals surface area contributed by atoms with Crippen molar-refractivity contribution < 1.29 is 0 Å². The number of H-pyrrole nitrogens is 1. The van der Waals surface area contributed by atoms with Crippen LogP contribution in [0.1, 0.15) is 16.3 Å². The molecule has 0 saturated carbocycles. The normalized spacial score (nSPS) is 10.1. The van der Waals surface area contributed by atoms with Gasteiger partial charge in [-0.2, -0.15) is 5.26 Å². The number of rotatable bonds is 4. The number of aromatic nitrogens is 2. The summed E-state index contributed by atoms with van der Waals surface area (Å²) in [4.78, 5) is 8.28. The van der Waals surface area contributed by atoms with Crippen molar-refractivity contribution in [2.24, 2.45) is 0 Å². The average Bonchev–Trinajstić information content (AvgIpc) is 2.88. The molecule has 2 aromatic rings. The molecule has 0 spiro atoms. The third kappa shape index (κ3) is 2.65. The standard InChI is InChI=1S/C10H10N4S/c11-4-8-3-9(15-7-8)5-12-6-10-13-1-2-14-10/h1-3,7,12H,5-6H2,(H,13,14). The van der Waals surface area contributed by atoms with E-state index < -0.39 is 0 Å². The van der Waals surface area contributed by atoms with Crippen LogP contribution in [0.25, 0.3) is 0 Å². The molecule has 0 bridgehead atoms. The van der Waals surface area contributed by atoms with Crippen LogP contribution in [-0.2, 0) is 13.1 Å². The lowest BCUT2D eigenvalue weighted by Crippen LogP contribution is -2.12. The van der Waals surface area contributed by atoms with Crippen molar-refractivity contribution in [3.05, 3.63) is 40.1 Å². The van der Waals surface area contributed by atoms with Crippen molar-refractivity contribution in [3.63, 3.8) is 0 Å². The van der Waals surface area contributed by atoms with Gasteiger partial charge in [-0.25, -0.2) is 4.98 Å². The molecule has 76 valence electrons. The fraction of sp³-hybridized carbons (Fsp3) is 0.200. The van der Waals surface area contributed by atoms with Gasteiger partial charge in [0, 0.05) is 29.2 Å². The Morgan fingerprint density at radius 3 is 3.13 bits per heavy atom. The van der Waals surface area contributed by atoms with Gasteiger partial charge in [0.05, 0.1) is 12.1 Å². The number of nitriles is 1. The van der Waals surface area contributed by atoms with Crippen molar-refractivity contribution in [2.75, 3.05) is 0 Å². The van der Waals surface area contributed by atoms with E-state index in [1.54, 1.807) is 23.7 Å². The van der Waals surface area contributed by atoms with Crippen LogP contribution >= 0.6 is 11.3 Å². The number of hydrogen-bond donors (Lipinski definition) is 2. The van der Waals surface area contributed by atoms with Gasteiger partial charge in [-0.1, -0.05) is 0 Å². The maximum absolute atomic E-state index is 8.65. The van der Waals surface area contributed by atoms with Crippen molar-refractivity contribution in [1.82, 2.24) is 15.3 Å². The van der Waals surface area contributed by atoms with Crippen LogP contribution in [0.3, 0.4) is 0 Å². The van der Waals surface area contributed by atoms with E-state index in [1.807, 2.05) is 11.4 Å². The smallest absolute Gasteiger partial charge is 0.120 e. The molecule has 0 aliphatic heterocycles. The topological polar surface area (TPSA) is 64.5 Å². The molecular formula is C10H10N4S. The molecule has 5 heteroatoms. The fourth-order valence-electron chi connectivity index (χ4n) is 1.23. The van der Waals surface area contributed by atoms with Gasteiger partial charge >= 0.3 is 0 Å². The summed E-state index contributed by atoms with van der Waals surface area (Å²) in [6.07, 6.45) is 3.53. The first kappa shape index (κ1) is 9.90. The van der Waals surface area contributed by atoms with Crippen molar-refractivity contribution in [2.45, 2.75) is 13.1 Å². The van der Waals surface area contributed by atoms with Crippen molar-refractivity contribution in [3.8, 4) is 6.07 Å². The lowest BCUT2D eigenvalue weighted by molar-refractivity contribution is 0.675. The minimum Gasteiger partial charge on any atom is -0.348 e. The summed E-state index contributed by atoms with van der Waals surface area (Å²) in [7, 11) is 0. The summed E-state index contributed by atoms with van der Waals surface area (Å²) >= 11 is 1.60. The molecule has 2 aromatic heterocycles. The van der Waals surface area contributed by atoms with E-state index >= 15 is 0 Å². The predicted molar refractivity (Wildman–Crippen MR) is 58.2 cm³/mol. The first-order valence-corrected chi connectivity index (χ1v) is 5.43.